The van der Waals surface area contributed by atoms with Crippen molar-refractivity contribution in [1.29, 1.82) is 0 Å². The van der Waals surface area contributed by atoms with Gasteiger partial charge >= 0.3 is 6.18 Å². The van der Waals surface area contributed by atoms with Crippen molar-refractivity contribution in [3.05, 3.63) is 34.8 Å². The number of fused-ring (bicyclic) bond motifs is 1. The summed E-state index contributed by atoms with van der Waals surface area (Å²) in [6.07, 6.45) is -4.56. The van der Waals surface area contributed by atoms with Crippen LogP contribution in [0.2, 0.25) is 0 Å². The van der Waals surface area contributed by atoms with E-state index in [1.54, 1.807) is 26.8 Å². The molecule has 0 bridgehead atoms. The fourth-order valence-electron chi connectivity index (χ4n) is 2.87. The minimum absolute atomic E-state index is 0.00311. The standard InChI is InChI=1S/C14H15F3N4O2/c1-7-6-10(9(3)23-7)12(22)20-4-5-21-11(8(20)2)18-19-13(21)14(15,16)17/h6,8H,4-5H2,1-3H3. The molecule has 23 heavy (non-hydrogen) atoms. The molecule has 124 valence electrons. The molecule has 6 nitrogen and oxygen atoms in total. The summed E-state index contributed by atoms with van der Waals surface area (Å²) in [6.45, 7) is 5.20. The molecule has 1 unspecified atom stereocenters. The first-order chi connectivity index (χ1) is 10.7. The lowest BCUT2D eigenvalue weighted by Gasteiger charge is -2.33. The number of aryl methyl sites for hydroxylation is 2. The number of aromatic nitrogens is 3. The summed E-state index contributed by atoms with van der Waals surface area (Å²) in [6, 6.07) is 1.03. The second-order valence-corrected chi connectivity index (χ2v) is 5.53. The van der Waals surface area contributed by atoms with E-state index in [4.69, 9.17) is 4.42 Å². The predicted octanol–water partition coefficient (Wildman–Crippen LogP) is 2.72. The molecular formula is C14H15F3N4O2. The van der Waals surface area contributed by atoms with E-state index in [-0.39, 0.29) is 24.8 Å². The molecule has 3 rings (SSSR count). The second-order valence-electron chi connectivity index (χ2n) is 5.53. The van der Waals surface area contributed by atoms with Crippen LogP contribution in [-0.4, -0.2) is 32.1 Å². The average molecular weight is 328 g/mol. The molecule has 1 aliphatic rings. The fraction of sp³-hybridized carbons (Fsp3) is 0.500. The summed E-state index contributed by atoms with van der Waals surface area (Å²) in [5.74, 6) is -0.0769. The van der Waals surface area contributed by atoms with Crippen molar-refractivity contribution in [2.24, 2.45) is 0 Å². The summed E-state index contributed by atoms with van der Waals surface area (Å²) in [4.78, 5) is 14.1. The van der Waals surface area contributed by atoms with Crippen molar-refractivity contribution in [2.75, 3.05) is 6.54 Å². The molecule has 3 heterocycles. The van der Waals surface area contributed by atoms with Crippen LogP contribution in [-0.2, 0) is 12.7 Å². The van der Waals surface area contributed by atoms with Crippen LogP contribution in [0.1, 0.15) is 46.5 Å². The van der Waals surface area contributed by atoms with Gasteiger partial charge in [0.1, 0.15) is 11.5 Å². The van der Waals surface area contributed by atoms with Gasteiger partial charge in [0.05, 0.1) is 11.6 Å². The monoisotopic (exact) mass is 328 g/mol. The van der Waals surface area contributed by atoms with Gasteiger partial charge in [0, 0.05) is 13.1 Å². The smallest absolute Gasteiger partial charge is 0.451 e. The SMILES string of the molecule is Cc1cc(C(=O)N2CCn3c(nnc3C(F)(F)F)C2C)c(C)o1. The molecule has 2 aromatic heterocycles. The van der Waals surface area contributed by atoms with Gasteiger partial charge in [0.2, 0.25) is 5.82 Å². The lowest BCUT2D eigenvalue weighted by molar-refractivity contribution is -0.148. The summed E-state index contributed by atoms with van der Waals surface area (Å²) < 4.78 is 45.1. The summed E-state index contributed by atoms with van der Waals surface area (Å²) in [5, 5.41) is 6.87. The van der Waals surface area contributed by atoms with Crippen LogP contribution in [0, 0.1) is 13.8 Å². The Labute approximate surface area is 129 Å². The van der Waals surface area contributed by atoms with Crippen molar-refractivity contribution in [2.45, 2.75) is 39.5 Å². The largest absolute Gasteiger partial charge is 0.466 e. The van der Waals surface area contributed by atoms with Gasteiger partial charge in [0.25, 0.3) is 5.91 Å². The van der Waals surface area contributed by atoms with Gasteiger partial charge in [0.15, 0.2) is 5.82 Å². The fourth-order valence-corrected chi connectivity index (χ4v) is 2.87. The number of amides is 1. The van der Waals surface area contributed by atoms with Crippen molar-refractivity contribution < 1.29 is 22.4 Å². The Balaban J connectivity index is 1.93. The molecule has 0 spiro atoms. The summed E-state index contributed by atoms with van der Waals surface area (Å²) >= 11 is 0. The zero-order valence-corrected chi connectivity index (χ0v) is 12.8. The number of halogens is 3. The van der Waals surface area contributed by atoms with E-state index in [0.717, 1.165) is 4.57 Å². The third-order valence-electron chi connectivity index (χ3n) is 3.97. The topological polar surface area (TPSA) is 64.2 Å². The van der Waals surface area contributed by atoms with Crippen LogP contribution in [0.5, 0.6) is 0 Å². The molecule has 0 fully saturated rings. The van der Waals surface area contributed by atoms with Crippen LogP contribution in [0.3, 0.4) is 0 Å². The average Bonchev–Trinajstić information content (AvgIpc) is 3.01. The Hall–Kier alpha value is -2.32. The Bertz CT molecular complexity index is 763. The molecule has 1 amide bonds. The van der Waals surface area contributed by atoms with E-state index >= 15 is 0 Å². The highest BCUT2D eigenvalue weighted by Crippen LogP contribution is 2.33. The lowest BCUT2D eigenvalue weighted by Crippen LogP contribution is -2.42. The Morgan fingerprint density at radius 2 is 2.00 bits per heavy atom. The molecule has 0 N–H and O–H groups in total. The third kappa shape index (κ3) is 2.49. The Kier molecular flexibility index (Phi) is 3.46. The van der Waals surface area contributed by atoms with Crippen molar-refractivity contribution >= 4 is 5.91 Å². The number of carbonyl (C=O) groups excluding carboxylic acids is 1. The second kappa shape index (κ2) is 5.10. The molecule has 1 aliphatic heterocycles. The number of nitrogens with zero attached hydrogens (tertiary/aromatic N) is 4. The van der Waals surface area contributed by atoms with Crippen LogP contribution >= 0.6 is 0 Å². The van der Waals surface area contributed by atoms with E-state index in [1.165, 1.54) is 4.90 Å². The first-order valence-electron chi connectivity index (χ1n) is 7.08. The number of alkyl halides is 3. The lowest BCUT2D eigenvalue weighted by atomic mass is 10.1. The van der Waals surface area contributed by atoms with E-state index in [9.17, 15) is 18.0 Å². The molecular weight excluding hydrogens is 313 g/mol. The van der Waals surface area contributed by atoms with Crippen LogP contribution in [0.25, 0.3) is 0 Å². The first-order valence-corrected chi connectivity index (χ1v) is 7.08. The molecule has 0 aliphatic carbocycles. The number of rotatable bonds is 1. The van der Waals surface area contributed by atoms with E-state index in [1.807, 2.05) is 0 Å². The van der Waals surface area contributed by atoms with E-state index in [2.05, 4.69) is 10.2 Å². The van der Waals surface area contributed by atoms with Gasteiger partial charge in [-0.2, -0.15) is 13.2 Å². The minimum atomic E-state index is -4.56. The van der Waals surface area contributed by atoms with Gasteiger partial charge in [-0.25, -0.2) is 0 Å². The van der Waals surface area contributed by atoms with E-state index < -0.39 is 18.0 Å². The highest BCUT2D eigenvalue weighted by atomic mass is 19.4. The number of hydrogen-bond donors (Lipinski definition) is 0. The number of hydrogen-bond acceptors (Lipinski definition) is 4. The van der Waals surface area contributed by atoms with Crippen molar-refractivity contribution in [3.8, 4) is 0 Å². The predicted molar refractivity (Wildman–Crippen MR) is 72.7 cm³/mol. The van der Waals surface area contributed by atoms with Crippen LogP contribution in [0.4, 0.5) is 13.2 Å². The maximum absolute atomic E-state index is 12.9. The Morgan fingerprint density at radius 1 is 1.30 bits per heavy atom. The molecule has 2 aromatic rings. The normalized spacial score (nSPS) is 18.2. The van der Waals surface area contributed by atoms with Crippen LogP contribution in [0.15, 0.2) is 10.5 Å². The maximum atomic E-state index is 12.9. The van der Waals surface area contributed by atoms with Gasteiger partial charge in [-0.3, -0.25) is 4.79 Å². The van der Waals surface area contributed by atoms with Crippen molar-refractivity contribution in [1.82, 2.24) is 19.7 Å². The number of carbonyl (C=O) groups is 1. The molecule has 1 atom stereocenters. The van der Waals surface area contributed by atoms with Gasteiger partial charge in [-0.05, 0) is 26.8 Å². The van der Waals surface area contributed by atoms with Gasteiger partial charge < -0.3 is 13.9 Å². The van der Waals surface area contributed by atoms with Gasteiger partial charge in [-0.1, -0.05) is 0 Å². The molecule has 0 radical (unpaired) electrons. The zero-order chi connectivity index (χ0) is 16.9. The summed E-state index contributed by atoms with van der Waals surface area (Å²) in [7, 11) is 0. The molecule has 9 heteroatoms. The quantitative estimate of drug-likeness (QED) is 0.807. The van der Waals surface area contributed by atoms with Crippen molar-refractivity contribution in [3.63, 3.8) is 0 Å². The maximum Gasteiger partial charge on any atom is 0.451 e. The van der Waals surface area contributed by atoms with Gasteiger partial charge in [-0.15, -0.1) is 10.2 Å². The van der Waals surface area contributed by atoms with E-state index in [0.29, 0.717) is 17.1 Å². The molecule has 0 aromatic carbocycles. The number of furan rings is 1. The molecule has 0 saturated carbocycles. The Morgan fingerprint density at radius 3 is 2.57 bits per heavy atom. The molecule has 0 saturated heterocycles. The minimum Gasteiger partial charge on any atom is -0.466 e. The first kappa shape index (κ1) is 15.6. The zero-order valence-electron chi connectivity index (χ0n) is 12.8. The highest BCUT2D eigenvalue weighted by Gasteiger charge is 2.42. The van der Waals surface area contributed by atoms with Crippen LogP contribution < -0.4 is 0 Å². The highest BCUT2D eigenvalue weighted by molar-refractivity contribution is 5.95. The third-order valence-corrected chi connectivity index (χ3v) is 3.97. The summed E-state index contributed by atoms with van der Waals surface area (Å²) in [5.41, 5.74) is 0.415.